The van der Waals surface area contributed by atoms with E-state index < -0.39 is 0 Å². The molecule has 2 N–H and O–H groups in total. The molecular weight excluding hydrogens is 334 g/mol. The van der Waals surface area contributed by atoms with Crippen molar-refractivity contribution in [3.8, 4) is 5.75 Å². The van der Waals surface area contributed by atoms with E-state index in [1.54, 1.807) is 7.11 Å². The van der Waals surface area contributed by atoms with Crippen LogP contribution in [0, 0.1) is 0 Å². The highest BCUT2D eigenvalue weighted by Crippen LogP contribution is 2.29. The van der Waals surface area contributed by atoms with Gasteiger partial charge in [-0.25, -0.2) is 0 Å². The van der Waals surface area contributed by atoms with Crippen molar-refractivity contribution in [3.63, 3.8) is 0 Å². The van der Waals surface area contributed by atoms with Crippen LogP contribution in [0.25, 0.3) is 0 Å². The second kappa shape index (κ2) is 8.30. The molecule has 0 spiro atoms. The maximum absolute atomic E-state index is 6.30. The van der Waals surface area contributed by atoms with E-state index >= 15 is 0 Å². The molecule has 1 aromatic rings. The zero-order valence-corrected chi connectivity index (χ0v) is 14.5. The Kier molecular flexibility index (Phi) is 6.72. The molecule has 1 fully saturated rings. The molecule has 0 aliphatic heterocycles. The first kappa shape index (κ1) is 16.2. The van der Waals surface area contributed by atoms with Gasteiger partial charge in [0.1, 0.15) is 5.75 Å². The minimum atomic E-state index is 0.199. The Labute approximate surface area is 135 Å². The monoisotopic (exact) mass is 357 g/mol. The second-order valence-corrected chi connectivity index (χ2v) is 7.76. The fraction of sp³-hybridized carbons (Fsp3) is 0.625. The van der Waals surface area contributed by atoms with Crippen LogP contribution < -0.4 is 10.5 Å². The third-order valence-electron chi connectivity index (χ3n) is 3.82. The average Bonchev–Trinajstić information content (AvgIpc) is 2.46. The van der Waals surface area contributed by atoms with Crippen LogP contribution in [0.5, 0.6) is 5.75 Å². The van der Waals surface area contributed by atoms with Crippen LogP contribution in [0.1, 0.15) is 37.7 Å². The maximum Gasteiger partial charge on any atom is 0.122 e. The molecule has 0 saturated heterocycles. The summed E-state index contributed by atoms with van der Waals surface area (Å²) in [6.45, 7) is 0. The highest BCUT2D eigenvalue weighted by Gasteiger charge is 2.16. The van der Waals surface area contributed by atoms with Gasteiger partial charge in [-0.05, 0) is 43.0 Å². The third-order valence-corrected chi connectivity index (χ3v) is 5.88. The minimum absolute atomic E-state index is 0.199. The number of benzene rings is 1. The van der Waals surface area contributed by atoms with E-state index in [4.69, 9.17) is 10.5 Å². The van der Waals surface area contributed by atoms with Crippen LogP contribution in [-0.4, -0.2) is 24.2 Å². The number of hydrogen-bond acceptors (Lipinski definition) is 3. The van der Waals surface area contributed by atoms with Crippen LogP contribution in [-0.2, 0) is 6.42 Å². The van der Waals surface area contributed by atoms with E-state index in [1.807, 2.05) is 12.1 Å². The lowest BCUT2D eigenvalue weighted by molar-refractivity contribution is 0.408. The summed E-state index contributed by atoms with van der Waals surface area (Å²) in [5.41, 5.74) is 7.50. The predicted molar refractivity (Wildman–Crippen MR) is 91.7 cm³/mol. The standard InChI is InChI=1S/C16H24BrNOS/c1-19-16-8-7-13(17)9-12(16)10-14(18)11-20-15-5-3-2-4-6-15/h7-9,14-15H,2-6,10-11,18H2,1H3. The molecule has 20 heavy (non-hydrogen) atoms. The van der Waals surface area contributed by atoms with Gasteiger partial charge in [-0.3, -0.25) is 0 Å². The van der Waals surface area contributed by atoms with Gasteiger partial charge in [0.05, 0.1) is 7.11 Å². The Balaban J connectivity index is 1.84. The lowest BCUT2D eigenvalue weighted by Gasteiger charge is -2.23. The molecule has 0 aromatic heterocycles. The molecule has 1 aliphatic carbocycles. The highest BCUT2D eigenvalue weighted by molar-refractivity contribution is 9.10. The van der Waals surface area contributed by atoms with E-state index in [9.17, 15) is 0 Å². The van der Waals surface area contributed by atoms with E-state index in [0.29, 0.717) is 0 Å². The first-order chi connectivity index (χ1) is 9.69. The van der Waals surface area contributed by atoms with Gasteiger partial charge in [-0.1, -0.05) is 35.2 Å². The fourth-order valence-electron chi connectivity index (χ4n) is 2.74. The van der Waals surface area contributed by atoms with Crippen LogP contribution >= 0.6 is 27.7 Å². The molecular formula is C16H24BrNOS. The van der Waals surface area contributed by atoms with Gasteiger partial charge in [0, 0.05) is 21.5 Å². The van der Waals surface area contributed by atoms with Gasteiger partial charge >= 0.3 is 0 Å². The fourth-order valence-corrected chi connectivity index (χ4v) is 4.45. The summed E-state index contributed by atoms with van der Waals surface area (Å²) in [7, 11) is 1.72. The van der Waals surface area contributed by atoms with Crippen LogP contribution in [0.15, 0.2) is 22.7 Å². The summed E-state index contributed by atoms with van der Waals surface area (Å²) in [4.78, 5) is 0. The zero-order chi connectivity index (χ0) is 14.4. The molecule has 1 aromatic carbocycles. The van der Waals surface area contributed by atoms with Crippen LogP contribution in [0.3, 0.4) is 0 Å². The second-order valence-electron chi connectivity index (χ2n) is 5.51. The molecule has 2 nitrogen and oxygen atoms in total. The predicted octanol–water partition coefficient (Wildman–Crippen LogP) is 4.39. The van der Waals surface area contributed by atoms with Crippen molar-refractivity contribution in [3.05, 3.63) is 28.2 Å². The molecule has 1 atom stereocenters. The Bertz CT molecular complexity index is 421. The van der Waals surface area contributed by atoms with Crippen molar-refractivity contribution < 1.29 is 4.74 Å². The Morgan fingerprint density at radius 2 is 2.10 bits per heavy atom. The number of hydrogen-bond donors (Lipinski definition) is 1. The molecule has 1 unspecified atom stereocenters. The Hall–Kier alpha value is -0.190. The van der Waals surface area contributed by atoms with E-state index in [0.717, 1.165) is 27.6 Å². The SMILES string of the molecule is COc1ccc(Br)cc1CC(N)CSC1CCCCC1. The number of methoxy groups -OCH3 is 1. The quantitative estimate of drug-likeness (QED) is 0.819. The van der Waals surface area contributed by atoms with Crippen molar-refractivity contribution in [1.29, 1.82) is 0 Å². The molecule has 0 heterocycles. The van der Waals surface area contributed by atoms with E-state index in [-0.39, 0.29) is 6.04 Å². The smallest absolute Gasteiger partial charge is 0.122 e. The van der Waals surface area contributed by atoms with Crippen molar-refractivity contribution in [2.75, 3.05) is 12.9 Å². The van der Waals surface area contributed by atoms with E-state index in [2.05, 4.69) is 33.8 Å². The van der Waals surface area contributed by atoms with Gasteiger partial charge in [-0.15, -0.1) is 0 Å². The Morgan fingerprint density at radius 1 is 1.35 bits per heavy atom. The molecule has 0 bridgehead atoms. The number of halogens is 1. The van der Waals surface area contributed by atoms with Gasteiger partial charge in [0.25, 0.3) is 0 Å². The topological polar surface area (TPSA) is 35.2 Å². The summed E-state index contributed by atoms with van der Waals surface area (Å²) in [5, 5.41) is 0.833. The van der Waals surface area contributed by atoms with Gasteiger partial charge in [-0.2, -0.15) is 11.8 Å². The summed E-state index contributed by atoms with van der Waals surface area (Å²) < 4.78 is 6.50. The molecule has 0 radical (unpaired) electrons. The lowest BCUT2D eigenvalue weighted by Crippen LogP contribution is -2.27. The van der Waals surface area contributed by atoms with Crippen LogP contribution in [0.4, 0.5) is 0 Å². The number of nitrogens with two attached hydrogens (primary N) is 1. The third kappa shape index (κ3) is 4.97. The maximum atomic E-state index is 6.30. The van der Waals surface area contributed by atoms with E-state index in [1.165, 1.54) is 37.7 Å². The largest absolute Gasteiger partial charge is 0.496 e. The first-order valence-electron chi connectivity index (χ1n) is 7.38. The first-order valence-corrected chi connectivity index (χ1v) is 9.23. The molecule has 1 saturated carbocycles. The number of thioether (sulfide) groups is 1. The molecule has 1 aliphatic rings. The average molecular weight is 358 g/mol. The van der Waals surface area contributed by atoms with Crippen molar-refractivity contribution in [1.82, 2.24) is 0 Å². The summed E-state index contributed by atoms with van der Waals surface area (Å²) in [6, 6.07) is 6.32. The van der Waals surface area contributed by atoms with Gasteiger partial charge < -0.3 is 10.5 Å². The van der Waals surface area contributed by atoms with Crippen molar-refractivity contribution in [2.45, 2.75) is 49.8 Å². The summed E-state index contributed by atoms with van der Waals surface area (Å²) in [6.07, 6.45) is 7.83. The minimum Gasteiger partial charge on any atom is -0.496 e. The molecule has 112 valence electrons. The zero-order valence-electron chi connectivity index (χ0n) is 12.1. The molecule has 0 amide bonds. The Morgan fingerprint density at radius 3 is 2.80 bits per heavy atom. The number of ether oxygens (including phenoxy) is 1. The van der Waals surface area contributed by atoms with Gasteiger partial charge in [0.2, 0.25) is 0 Å². The summed E-state index contributed by atoms with van der Waals surface area (Å²) >= 11 is 5.58. The number of rotatable bonds is 6. The van der Waals surface area contributed by atoms with Gasteiger partial charge in [0.15, 0.2) is 0 Å². The van der Waals surface area contributed by atoms with Crippen molar-refractivity contribution in [2.24, 2.45) is 5.73 Å². The van der Waals surface area contributed by atoms with Crippen molar-refractivity contribution >= 4 is 27.7 Å². The normalized spacial score (nSPS) is 17.9. The van der Waals surface area contributed by atoms with Crippen LogP contribution in [0.2, 0.25) is 0 Å². The summed E-state index contributed by atoms with van der Waals surface area (Å²) in [5.74, 6) is 1.98. The molecule has 4 heteroatoms. The lowest BCUT2D eigenvalue weighted by atomic mass is 10.0. The highest BCUT2D eigenvalue weighted by atomic mass is 79.9. The molecule has 2 rings (SSSR count).